The molecular formula is C28H20F3N7O2. The minimum absolute atomic E-state index is 0.0648. The summed E-state index contributed by atoms with van der Waals surface area (Å²) >= 11 is 0. The van der Waals surface area contributed by atoms with Crippen molar-refractivity contribution in [2.45, 2.75) is 19.7 Å². The molecule has 6 aromatic rings. The van der Waals surface area contributed by atoms with Crippen LogP contribution in [0.3, 0.4) is 0 Å². The highest BCUT2D eigenvalue weighted by Crippen LogP contribution is 2.32. The average molecular weight is 544 g/mol. The van der Waals surface area contributed by atoms with Crippen LogP contribution in [0, 0.1) is 6.92 Å². The van der Waals surface area contributed by atoms with E-state index in [4.69, 9.17) is 0 Å². The molecule has 6 rings (SSSR count). The lowest BCUT2D eigenvalue weighted by Crippen LogP contribution is -2.15. The zero-order valence-corrected chi connectivity index (χ0v) is 20.9. The number of hydrogen-bond donors (Lipinski definition) is 3. The summed E-state index contributed by atoms with van der Waals surface area (Å²) in [6.45, 7) is 1.39. The molecule has 0 saturated carbocycles. The third-order valence-electron chi connectivity index (χ3n) is 6.45. The highest BCUT2D eigenvalue weighted by atomic mass is 19.4. The van der Waals surface area contributed by atoms with E-state index < -0.39 is 17.6 Å². The number of imidazole rings is 1. The second kappa shape index (κ2) is 9.58. The molecule has 1 amide bonds. The molecule has 200 valence electrons. The quantitative estimate of drug-likeness (QED) is 0.267. The van der Waals surface area contributed by atoms with Gasteiger partial charge in [-0.25, -0.2) is 15.0 Å². The van der Waals surface area contributed by atoms with Crippen LogP contribution in [0.2, 0.25) is 0 Å². The summed E-state index contributed by atoms with van der Waals surface area (Å²) in [5.41, 5.74) is 2.09. The first-order chi connectivity index (χ1) is 19.2. The van der Waals surface area contributed by atoms with Crippen LogP contribution in [0.25, 0.3) is 39.0 Å². The number of halogens is 3. The second-order valence-corrected chi connectivity index (χ2v) is 9.13. The number of anilines is 1. The monoisotopic (exact) mass is 543 g/mol. The van der Waals surface area contributed by atoms with Crippen molar-refractivity contribution >= 4 is 33.5 Å². The van der Waals surface area contributed by atoms with Crippen molar-refractivity contribution in [3.8, 4) is 17.1 Å². The first-order valence-electron chi connectivity index (χ1n) is 12.1. The Kier molecular flexibility index (Phi) is 6.03. The molecule has 0 atom stereocenters. The van der Waals surface area contributed by atoms with Crippen LogP contribution in [-0.2, 0) is 12.8 Å². The lowest BCUT2D eigenvalue weighted by atomic mass is 10.1. The van der Waals surface area contributed by atoms with Crippen molar-refractivity contribution in [1.29, 1.82) is 0 Å². The van der Waals surface area contributed by atoms with Gasteiger partial charge in [0.2, 0.25) is 0 Å². The summed E-state index contributed by atoms with van der Waals surface area (Å²) in [5.74, 6) is -0.389. The van der Waals surface area contributed by atoms with Crippen LogP contribution in [0.5, 0.6) is 0 Å². The number of fused-ring (bicyclic) bond motifs is 3. The Balaban J connectivity index is 1.34. The fourth-order valence-electron chi connectivity index (χ4n) is 4.43. The maximum Gasteiger partial charge on any atom is 0.416 e. The van der Waals surface area contributed by atoms with Gasteiger partial charge in [-0.05, 0) is 37.3 Å². The zero-order valence-electron chi connectivity index (χ0n) is 20.9. The van der Waals surface area contributed by atoms with Gasteiger partial charge in [-0.2, -0.15) is 13.2 Å². The van der Waals surface area contributed by atoms with Crippen molar-refractivity contribution in [3.05, 3.63) is 96.0 Å². The van der Waals surface area contributed by atoms with Crippen molar-refractivity contribution in [1.82, 2.24) is 29.5 Å². The van der Waals surface area contributed by atoms with Crippen molar-refractivity contribution in [3.63, 3.8) is 0 Å². The van der Waals surface area contributed by atoms with Gasteiger partial charge in [0.05, 0.1) is 36.1 Å². The molecule has 3 N–H and O–H groups in total. The number of aliphatic hydroxyl groups is 1. The topological polar surface area (TPSA) is 122 Å². The first-order valence-corrected chi connectivity index (χ1v) is 12.1. The summed E-state index contributed by atoms with van der Waals surface area (Å²) in [6, 6.07) is 12.4. The molecular weight excluding hydrogens is 523 g/mol. The molecule has 4 heterocycles. The molecule has 9 nitrogen and oxygen atoms in total. The highest BCUT2D eigenvalue weighted by molar-refractivity contribution is 6.06. The van der Waals surface area contributed by atoms with Crippen molar-refractivity contribution in [2.75, 3.05) is 5.32 Å². The average Bonchev–Trinajstić information content (AvgIpc) is 3.58. The van der Waals surface area contributed by atoms with Gasteiger partial charge in [-0.1, -0.05) is 18.2 Å². The summed E-state index contributed by atoms with van der Waals surface area (Å²) in [5, 5.41) is 13.7. The molecule has 0 aliphatic carbocycles. The molecule has 12 heteroatoms. The molecule has 0 radical (unpaired) electrons. The number of hydrogen-bond acceptors (Lipinski definition) is 6. The number of aliphatic hydroxyl groups excluding tert-OH is 1. The van der Waals surface area contributed by atoms with E-state index in [0.717, 1.165) is 28.4 Å². The van der Waals surface area contributed by atoms with Crippen LogP contribution in [0.15, 0.2) is 73.4 Å². The third-order valence-corrected chi connectivity index (χ3v) is 6.45. The van der Waals surface area contributed by atoms with Gasteiger partial charge in [0, 0.05) is 51.2 Å². The van der Waals surface area contributed by atoms with Gasteiger partial charge in [-0.3, -0.25) is 9.78 Å². The van der Waals surface area contributed by atoms with Gasteiger partial charge in [0.1, 0.15) is 5.65 Å². The molecule has 0 spiro atoms. The van der Waals surface area contributed by atoms with E-state index in [0.29, 0.717) is 22.7 Å². The summed E-state index contributed by atoms with van der Waals surface area (Å²) in [6.07, 6.45) is 1.09. The standard InChI is InChI=1S/C28H20F3N7O2/c1-15-22(25-33-11-23-21-4-2-3-5-24(21)36-26(23)37-25)9-18(10-32-15)35-27(40)16-6-17(28(29,30)31)8-20(7-16)38-12-19(13-39)34-14-38/h2-12,14,39H,13H2,1H3,(H,35,40)(H,33,36,37). The number of H-pyrrole nitrogens is 1. The number of pyridine rings is 1. The molecule has 0 bridgehead atoms. The predicted molar refractivity (Wildman–Crippen MR) is 142 cm³/mol. The Morgan fingerprint density at radius 3 is 2.65 bits per heavy atom. The molecule has 4 aromatic heterocycles. The molecule has 0 unspecified atom stereocenters. The Bertz CT molecular complexity index is 1910. The van der Waals surface area contributed by atoms with Crippen LogP contribution in [-0.4, -0.2) is 40.5 Å². The molecule has 0 fully saturated rings. The number of alkyl halides is 3. The number of benzene rings is 2. The first kappa shape index (κ1) is 25.2. The normalized spacial score (nSPS) is 11.8. The van der Waals surface area contributed by atoms with Crippen LogP contribution >= 0.6 is 0 Å². The molecule has 2 aromatic carbocycles. The largest absolute Gasteiger partial charge is 0.416 e. The molecule has 0 saturated heterocycles. The van der Waals surface area contributed by atoms with Crippen LogP contribution < -0.4 is 5.32 Å². The predicted octanol–water partition coefficient (Wildman–Crippen LogP) is 5.43. The SMILES string of the molecule is Cc1ncc(NC(=O)c2cc(-n3cnc(CO)c3)cc(C(F)(F)F)c2)cc1-c1ncc2c(n1)[nH]c1ccccc12. The number of nitrogens with zero attached hydrogens (tertiary/aromatic N) is 5. The fourth-order valence-corrected chi connectivity index (χ4v) is 4.43. The summed E-state index contributed by atoms with van der Waals surface area (Å²) < 4.78 is 42.3. The van der Waals surface area contributed by atoms with Crippen LogP contribution in [0.4, 0.5) is 18.9 Å². The van der Waals surface area contributed by atoms with E-state index in [9.17, 15) is 23.1 Å². The number of amides is 1. The van der Waals surface area contributed by atoms with Gasteiger partial charge in [0.25, 0.3) is 5.91 Å². The molecule has 0 aliphatic rings. The lowest BCUT2D eigenvalue weighted by molar-refractivity contribution is -0.137. The lowest BCUT2D eigenvalue weighted by Gasteiger charge is -2.13. The Labute approximate surface area is 224 Å². The van der Waals surface area contributed by atoms with E-state index in [1.807, 2.05) is 24.3 Å². The van der Waals surface area contributed by atoms with Gasteiger partial charge >= 0.3 is 6.18 Å². The van der Waals surface area contributed by atoms with E-state index in [1.54, 1.807) is 19.2 Å². The number of aromatic nitrogens is 6. The number of carbonyl (C=O) groups is 1. The zero-order chi connectivity index (χ0) is 28.0. The number of aryl methyl sites for hydroxylation is 1. The highest BCUT2D eigenvalue weighted by Gasteiger charge is 2.32. The Morgan fingerprint density at radius 1 is 1.05 bits per heavy atom. The maximum atomic E-state index is 13.7. The Morgan fingerprint density at radius 2 is 1.88 bits per heavy atom. The van der Waals surface area contributed by atoms with Crippen molar-refractivity contribution in [2.24, 2.45) is 0 Å². The smallest absolute Gasteiger partial charge is 0.390 e. The number of nitrogens with one attached hydrogen (secondary N) is 2. The van der Waals surface area contributed by atoms with E-state index in [1.165, 1.54) is 29.4 Å². The summed E-state index contributed by atoms with van der Waals surface area (Å²) in [7, 11) is 0. The fraction of sp³-hybridized carbons (Fsp3) is 0.107. The minimum atomic E-state index is -4.69. The van der Waals surface area contributed by atoms with Crippen LogP contribution in [0.1, 0.15) is 27.3 Å². The van der Waals surface area contributed by atoms with Gasteiger partial charge in [-0.15, -0.1) is 0 Å². The number of aromatic amines is 1. The molecule has 0 aliphatic heterocycles. The molecule has 40 heavy (non-hydrogen) atoms. The van der Waals surface area contributed by atoms with E-state index >= 15 is 0 Å². The van der Waals surface area contributed by atoms with Crippen molar-refractivity contribution < 1.29 is 23.1 Å². The van der Waals surface area contributed by atoms with E-state index in [-0.39, 0.29) is 29.2 Å². The number of para-hydroxylation sites is 1. The van der Waals surface area contributed by atoms with E-state index in [2.05, 4.69) is 30.2 Å². The minimum Gasteiger partial charge on any atom is -0.390 e. The third kappa shape index (κ3) is 4.64. The number of rotatable bonds is 5. The Hall–Kier alpha value is -5.10. The maximum absolute atomic E-state index is 13.7. The summed E-state index contributed by atoms with van der Waals surface area (Å²) in [4.78, 5) is 33.8. The number of carbonyl (C=O) groups excluding carboxylic acids is 1. The second-order valence-electron chi connectivity index (χ2n) is 9.13. The van der Waals surface area contributed by atoms with Gasteiger partial charge in [0.15, 0.2) is 5.82 Å². The van der Waals surface area contributed by atoms with Gasteiger partial charge < -0.3 is 20.0 Å².